The number of hydrogen-bond acceptors (Lipinski definition) is 6. The van der Waals surface area contributed by atoms with E-state index in [1.54, 1.807) is 42.5 Å². The maximum atomic E-state index is 12.7. The van der Waals surface area contributed by atoms with E-state index in [4.69, 9.17) is 9.47 Å². The molecule has 0 aliphatic carbocycles. The average molecular weight is 463 g/mol. The lowest BCUT2D eigenvalue weighted by molar-refractivity contribution is -0.384. The zero-order valence-electron chi connectivity index (χ0n) is 18.9. The Bertz CT molecular complexity index is 1140. The molecule has 8 heteroatoms. The number of benzene rings is 3. The Balaban J connectivity index is 1.63. The molecule has 0 unspecified atom stereocenters. The van der Waals surface area contributed by atoms with E-state index in [0.29, 0.717) is 23.6 Å². The van der Waals surface area contributed by atoms with Crippen molar-refractivity contribution >= 4 is 23.3 Å². The number of ether oxygens (including phenoxy) is 2. The topological polar surface area (TPSA) is 108 Å². The molecular weight excluding hydrogens is 436 g/mol. The molecule has 176 valence electrons. The summed E-state index contributed by atoms with van der Waals surface area (Å²) in [5.74, 6) is -0.335. The van der Waals surface area contributed by atoms with E-state index in [9.17, 15) is 19.7 Å². The van der Waals surface area contributed by atoms with E-state index in [1.807, 2.05) is 0 Å². The van der Waals surface area contributed by atoms with E-state index >= 15 is 0 Å². The fourth-order valence-corrected chi connectivity index (χ4v) is 3.18. The van der Waals surface area contributed by atoms with Crippen molar-refractivity contribution < 1.29 is 24.0 Å². The summed E-state index contributed by atoms with van der Waals surface area (Å²) < 4.78 is 11.1. The standard InChI is InChI=1S/C26H26N2O6/c1-2-3-4-7-17-33-22-15-13-19(14-16-22)25(29)27-23-11-5-6-12-24(23)34-26(30)20-9-8-10-21(18-20)28(31)32/h5-6,8-16,18H,2-4,7,17H2,1H3,(H,27,29). The minimum atomic E-state index is -0.772. The SMILES string of the molecule is CCCCCCOc1ccc(C(=O)Nc2ccccc2OC(=O)c2cccc([N+](=O)[O-])c2)cc1. The lowest BCUT2D eigenvalue weighted by Crippen LogP contribution is -2.15. The van der Waals surface area contributed by atoms with Gasteiger partial charge < -0.3 is 14.8 Å². The van der Waals surface area contributed by atoms with E-state index in [1.165, 1.54) is 37.1 Å². The molecule has 3 aromatic rings. The highest BCUT2D eigenvalue weighted by Gasteiger charge is 2.16. The van der Waals surface area contributed by atoms with E-state index in [2.05, 4.69) is 12.2 Å². The van der Waals surface area contributed by atoms with Crippen molar-refractivity contribution in [3.8, 4) is 11.5 Å². The molecular formula is C26H26N2O6. The fraction of sp³-hybridized carbons (Fsp3) is 0.231. The van der Waals surface area contributed by atoms with Crippen LogP contribution in [-0.2, 0) is 0 Å². The minimum absolute atomic E-state index is 0.0283. The third-order valence-corrected chi connectivity index (χ3v) is 5.01. The quantitative estimate of drug-likeness (QED) is 0.123. The number of nitro benzene ring substituents is 1. The van der Waals surface area contributed by atoms with Crippen LogP contribution in [0.3, 0.4) is 0 Å². The van der Waals surface area contributed by atoms with Gasteiger partial charge in [0.05, 0.1) is 22.8 Å². The van der Waals surface area contributed by atoms with Crippen molar-refractivity contribution in [2.24, 2.45) is 0 Å². The first-order valence-electron chi connectivity index (χ1n) is 11.1. The van der Waals surface area contributed by atoms with Crippen molar-refractivity contribution in [2.75, 3.05) is 11.9 Å². The molecule has 0 bridgehead atoms. The lowest BCUT2D eigenvalue weighted by Gasteiger charge is -2.12. The molecule has 0 saturated carbocycles. The summed E-state index contributed by atoms with van der Waals surface area (Å²) in [6, 6.07) is 18.5. The number of para-hydroxylation sites is 2. The number of unbranched alkanes of at least 4 members (excludes halogenated alkanes) is 3. The Kier molecular flexibility index (Phi) is 8.73. The van der Waals surface area contributed by atoms with Crippen molar-refractivity contribution in [2.45, 2.75) is 32.6 Å². The van der Waals surface area contributed by atoms with E-state index < -0.39 is 10.9 Å². The van der Waals surface area contributed by atoms with Crippen LogP contribution in [0.4, 0.5) is 11.4 Å². The first-order valence-corrected chi connectivity index (χ1v) is 11.1. The van der Waals surface area contributed by atoms with Crippen LogP contribution in [0.1, 0.15) is 53.3 Å². The number of nitrogens with one attached hydrogen (secondary N) is 1. The van der Waals surface area contributed by atoms with Gasteiger partial charge in [0.15, 0.2) is 5.75 Å². The smallest absolute Gasteiger partial charge is 0.343 e. The summed E-state index contributed by atoms with van der Waals surface area (Å²) >= 11 is 0. The molecule has 3 aromatic carbocycles. The Morgan fingerprint density at radius 2 is 1.68 bits per heavy atom. The van der Waals surface area contributed by atoms with E-state index in [0.717, 1.165) is 18.9 Å². The van der Waals surface area contributed by atoms with Crippen LogP contribution in [0.25, 0.3) is 0 Å². The summed E-state index contributed by atoms with van der Waals surface area (Å²) in [6.45, 7) is 2.79. The van der Waals surface area contributed by atoms with Crippen LogP contribution < -0.4 is 14.8 Å². The summed E-state index contributed by atoms with van der Waals surface area (Å²) in [4.78, 5) is 35.6. The van der Waals surface area contributed by atoms with Crippen LogP contribution >= 0.6 is 0 Å². The van der Waals surface area contributed by atoms with Gasteiger partial charge in [-0.3, -0.25) is 14.9 Å². The average Bonchev–Trinajstić information content (AvgIpc) is 2.85. The number of carbonyl (C=O) groups is 2. The van der Waals surface area contributed by atoms with Gasteiger partial charge in [0.2, 0.25) is 0 Å². The Morgan fingerprint density at radius 1 is 0.912 bits per heavy atom. The number of hydrogen-bond donors (Lipinski definition) is 1. The maximum absolute atomic E-state index is 12.7. The summed E-state index contributed by atoms with van der Waals surface area (Å²) in [7, 11) is 0. The first-order chi connectivity index (χ1) is 16.5. The molecule has 34 heavy (non-hydrogen) atoms. The number of nitro groups is 1. The van der Waals surface area contributed by atoms with Gasteiger partial charge in [0.25, 0.3) is 11.6 Å². The van der Waals surface area contributed by atoms with Gasteiger partial charge >= 0.3 is 5.97 Å². The molecule has 0 aliphatic heterocycles. The maximum Gasteiger partial charge on any atom is 0.343 e. The molecule has 3 rings (SSSR count). The Labute approximate surface area is 197 Å². The Morgan fingerprint density at radius 3 is 2.41 bits per heavy atom. The monoisotopic (exact) mass is 462 g/mol. The molecule has 0 saturated heterocycles. The van der Waals surface area contributed by atoms with Crippen LogP contribution in [0.2, 0.25) is 0 Å². The Hall–Kier alpha value is -4.20. The van der Waals surface area contributed by atoms with Gasteiger partial charge in [-0.2, -0.15) is 0 Å². The molecule has 0 aliphatic rings. The summed E-state index contributed by atoms with van der Waals surface area (Å²) in [5.41, 5.74) is 0.519. The number of carbonyl (C=O) groups excluding carboxylic acids is 2. The van der Waals surface area contributed by atoms with Crippen LogP contribution in [0.5, 0.6) is 11.5 Å². The normalized spacial score (nSPS) is 10.4. The number of nitrogens with zero attached hydrogens (tertiary/aromatic N) is 1. The molecule has 8 nitrogen and oxygen atoms in total. The van der Waals surface area contributed by atoms with Gasteiger partial charge in [-0.1, -0.05) is 44.4 Å². The third kappa shape index (κ3) is 6.90. The second-order valence-electron chi connectivity index (χ2n) is 7.58. The fourth-order valence-electron chi connectivity index (χ4n) is 3.18. The van der Waals surface area contributed by atoms with Crippen LogP contribution in [0.15, 0.2) is 72.8 Å². The van der Waals surface area contributed by atoms with Crippen LogP contribution in [0, 0.1) is 10.1 Å². The molecule has 0 radical (unpaired) electrons. The van der Waals surface area contributed by atoms with Crippen molar-refractivity contribution in [3.05, 3.63) is 94.0 Å². The number of anilines is 1. The second kappa shape index (κ2) is 12.2. The van der Waals surface area contributed by atoms with Crippen molar-refractivity contribution in [1.82, 2.24) is 0 Å². The molecule has 0 heterocycles. The van der Waals surface area contributed by atoms with Gasteiger partial charge in [-0.25, -0.2) is 4.79 Å². The highest BCUT2D eigenvalue weighted by molar-refractivity contribution is 6.05. The van der Waals surface area contributed by atoms with Gasteiger partial charge in [-0.15, -0.1) is 0 Å². The zero-order chi connectivity index (χ0) is 24.3. The summed E-state index contributed by atoms with van der Waals surface area (Å²) in [5, 5.41) is 13.7. The molecule has 0 atom stereocenters. The molecule has 1 N–H and O–H groups in total. The largest absolute Gasteiger partial charge is 0.494 e. The predicted molar refractivity (Wildman–Crippen MR) is 129 cm³/mol. The minimum Gasteiger partial charge on any atom is -0.494 e. The number of amides is 1. The van der Waals surface area contributed by atoms with Gasteiger partial charge in [-0.05, 0) is 48.9 Å². The number of non-ortho nitro benzene ring substituents is 1. The lowest BCUT2D eigenvalue weighted by atomic mass is 10.2. The van der Waals surface area contributed by atoms with Gasteiger partial charge in [0, 0.05) is 17.7 Å². The van der Waals surface area contributed by atoms with Crippen LogP contribution in [-0.4, -0.2) is 23.4 Å². The molecule has 0 fully saturated rings. The zero-order valence-corrected chi connectivity index (χ0v) is 18.9. The highest BCUT2D eigenvalue weighted by Crippen LogP contribution is 2.26. The summed E-state index contributed by atoms with van der Waals surface area (Å²) in [6.07, 6.45) is 4.47. The highest BCUT2D eigenvalue weighted by atomic mass is 16.6. The predicted octanol–water partition coefficient (Wildman–Crippen LogP) is 6.03. The van der Waals surface area contributed by atoms with E-state index in [-0.39, 0.29) is 22.9 Å². The van der Waals surface area contributed by atoms with Crippen molar-refractivity contribution in [3.63, 3.8) is 0 Å². The third-order valence-electron chi connectivity index (χ3n) is 5.01. The second-order valence-corrected chi connectivity index (χ2v) is 7.58. The molecule has 1 amide bonds. The molecule has 0 aromatic heterocycles. The first kappa shape index (κ1) is 24.4. The number of esters is 1. The molecule has 0 spiro atoms. The number of rotatable bonds is 11. The van der Waals surface area contributed by atoms with Gasteiger partial charge in [0.1, 0.15) is 5.75 Å². The van der Waals surface area contributed by atoms with Crippen molar-refractivity contribution in [1.29, 1.82) is 0 Å².